The highest BCUT2D eigenvalue weighted by molar-refractivity contribution is 5.99. The first-order valence-corrected chi connectivity index (χ1v) is 10.3. The van der Waals surface area contributed by atoms with E-state index in [4.69, 9.17) is 5.73 Å². The number of primary amides is 1. The molecule has 2 aliphatic rings. The van der Waals surface area contributed by atoms with Gasteiger partial charge < -0.3 is 10.3 Å². The van der Waals surface area contributed by atoms with Gasteiger partial charge in [0.1, 0.15) is 0 Å². The van der Waals surface area contributed by atoms with Gasteiger partial charge in [0.2, 0.25) is 5.91 Å². The van der Waals surface area contributed by atoms with Gasteiger partial charge in [-0.25, -0.2) is 0 Å². The van der Waals surface area contributed by atoms with Gasteiger partial charge in [0.15, 0.2) is 5.78 Å². The van der Waals surface area contributed by atoms with Crippen molar-refractivity contribution in [3.8, 4) is 0 Å². The van der Waals surface area contributed by atoms with E-state index in [1.165, 1.54) is 31.4 Å². The predicted molar refractivity (Wildman–Crippen MR) is 108 cm³/mol. The third-order valence-corrected chi connectivity index (χ3v) is 6.27. The van der Waals surface area contributed by atoms with Crippen LogP contribution in [0.3, 0.4) is 0 Å². The van der Waals surface area contributed by atoms with Crippen LogP contribution in [0.15, 0.2) is 17.7 Å². The van der Waals surface area contributed by atoms with E-state index in [2.05, 4.69) is 29.4 Å². The van der Waals surface area contributed by atoms with Crippen molar-refractivity contribution >= 4 is 11.7 Å². The van der Waals surface area contributed by atoms with Crippen LogP contribution in [0.25, 0.3) is 0 Å². The minimum atomic E-state index is -0.211. The largest absolute Gasteiger partial charge is 0.369 e. The fourth-order valence-electron chi connectivity index (χ4n) is 4.48. The summed E-state index contributed by atoms with van der Waals surface area (Å²) in [6.07, 6.45) is 10.1. The van der Waals surface area contributed by atoms with Crippen LogP contribution >= 0.6 is 0 Å². The number of piperidine rings is 1. The first kappa shape index (κ1) is 19.9. The molecule has 0 unspecified atom stereocenters. The lowest BCUT2D eigenvalue weighted by atomic mass is 9.96. The molecule has 2 heterocycles. The van der Waals surface area contributed by atoms with Crippen LogP contribution in [-0.4, -0.2) is 40.8 Å². The molecule has 1 aliphatic carbocycles. The number of amides is 1. The Morgan fingerprint density at radius 2 is 1.93 bits per heavy atom. The number of nitrogens with two attached hydrogens (primary N) is 1. The van der Waals surface area contributed by atoms with E-state index in [0.717, 1.165) is 50.2 Å². The summed E-state index contributed by atoms with van der Waals surface area (Å²) in [6, 6.07) is 2.04. The fraction of sp³-hybridized carbons (Fsp3) is 0.636. The van der Waals surface area contributed by atoms with E-state index in [0.29, 0.717) is 6.54 Å². The SMILES string of the molecule is Cc1cc(C(=O)CN2CCC(C(N)=O)CC2)c(C)n1CCC1=CCCCC1. The number of carbonyl (C=O) groups excluding carboxylic acids is 2. The number of ketones is 1. The van der Waals surface area contributed by atoms with Crippen LogP contribution < -0.4 is 5.73 Å². The number of Topliss-reactive ketones (excluding diaryl/α,β-unsaturated/α-hetero) is 1. The van der Waals surface area contributed by atoms with Crippen LogP contribution in [0.4, 0.5) is 0 Å². The Hall–Kier alpha value is -1.88. The zero-order chi connectivity index (χ0) is 19.4. The summed E-state index contributed by atoms with van der Waals surface area (Å²) in [5.41, 5.74) is 10.1. The average molecular weight is 372 g/mol. The predicted octanol–water partition coefficient (Wildman–Crippen LogP) is 3.38. The van der Waals surface area contributed by atoms with E-state index in [1.54, 1.807) is 5.57 Å². The number of aryl methyl sites for hydroxylation is 1. The zero-order valence-electron chi connectivity index (χ0n) is 16.8. The van der Waals surface area contributed by atoms with Crippen molar-refractivity contribution in [2.75, 3.05) is 19.6 Å². The molecule has 0 atom stereocenters. The normalized spacial score (nSPS) is 19.1. The number of nitrogens with zero attached hydrogens (tertiary/aromatic N) is 2. The van der Waals surface area contributed by atoms with Gasteiger partial charge in [0, 0.05) is 29.4 Å². The van der Waals surface area contributed by atoms with Crippen molar-refractivity contribution < 1.29 is 9.59 Å². The standard InChI is InChI=1S/C22H33N3O2/c1-16-14-20(17(2)25(16)13-8-18-6-4-3-5-7-18)21(26)15-24-11-9-19(10-12-24)22(23)27/h6,14,19H,3-5,7-13,15H2,1-2H3,(H2,23,27). The molecule has 2 N–H and O–H groups in total. The summed E-state index contributed by atoms with van der Waals surface area (Å²) in [7, 11) is 0. The second-order valence-electron chi connectivity index (χ2n) is 8.17. The minimum absolute atomic E-state index is 0.0319. The van der Waals surface area contributed by atoms with Crippen molar-refractivity contribution in [3.63, 3.8) is 0 Å². The molecule has 0 radical (unpaired) electrons. The maximum atomic E-state index is 12.9. The van der Waals surface area contributed by atoms with Crippen molar-refractivity contribution in [2.45, 2.75) is 65.3 Å². The van der Waals surface area contributed by atoms with Gasteiger partial charge in [-0.15, -0.1) is 0 Å². The maximum Gasteiger partial charge on any atom is 0.220 e. The van der Waals surface area contributed by atoms with Gasteiger partial charge in [0.25, 0.3) is 0 Å². The molecule has 1 aromatic heterocycles. The smallest absolute Gasteiger partial charge is 0.220 e. The molecule has 1 amide bonds. The van der Waals surface area contributed by atoms with Crippen LogP contribution in [-0.2, 0) is 11.3 Å². The van der Waals surface area contributed by atoms with Gasteiger partial charge in [0.05, 0.1) is 6.54 Å². The Morgan fingerprint density at radius 1 is 1.19 bits per heavy atom. The summed E-state index contributed by atoms with van der Waals surface area (Å²) >= 11 is 0. The molecule has 5 nitrogen and oxygen atoms in total. The van der Waals surface area contributed by atoms with Crippen molar-refractivity contribution in [1.82, 2.24) is 9.47 Å². The number of hydrogen-bond acceptors (Lipinski definition) is 3. The minimum Gasteiger partial charge on any atom is -0.369 e. The van der Waals surface area contributed by atoms with Crippen molar-refractivity contribution in [3.05, 3.63) is 34.7 Å². The second-order valence-corrected chi connectivity index (χ2v) is 8.17. The molecule has 1 fully saturated rings. The van der Waals surface area contributed by atoms with Gasteiger partial charge in [-0.1, -0.05) is 11.6 Å². The topological polar surface area (TPSA) is 68.3 Å². The van der Waals surface area contributed by atoms with Gasteiger partial charge in [-0.05, 0) is 77.9 Å². The first-order chi connectivity index (χ1) is 13.0. The third kappa shape index (κ3) is 4.89. The number of likely N-dealkylation sites (tertiary alicyclic amines) is 1. The van der Waals surface area contributed by atoms with E-state index in [-0.39, 0.29) is 17.6 Å². The second kappa shape index (κ2) is 8.87. The van der Waals surface area contributed by atoms with E-state index in [1.807, 2.05) is 6.07 Å². The van der Waals surface area contributed by atoms with Gasteiger partial charge in [-0.3, -0.25) is 14.5 Å². The summed E-state index contributed by atoms with van der Waals surface area (Å²) in [4.78, 5) is 26.3. The highest BCUT2D eigenvalue weighted by Crippen LogP contribution is 2.23. The average Bonchev–Trinajstić information content (AvgIpc) is 2.95. The van der Waals surface area contributed by atoms with Crippen LogP contribution in [0.5, 0.6) is 0 Å². The van der Waals surface area contributed by atoms with Crippen molar-refractivity contribution in [2.24, 2.45) is 11.7 Å². The molecule has 0 spiro atoms. The Balaban J connectivity index is 1.59. The number of rotatable bonds is 7. The van der Waals surface area contributed by atoms with E-state index in [9.17, 15) is 9.59 Å². The molecule has 148 valence electrons. The fourth-order valence-corrected chi connectivity index (χ4v) is 4.48. The highest BCUT2D eigenvalue weighted by Gasteiger charge is 2.25. The Labute approximate surface area is 162 Å². The lowest BCUT2D eigenvalue weighted by molar-refractivity contribution is -0.123. The molecule has 3 rings (SSSR count). The molecular formula is C22H33N3O2. The van der Waals surface area contributed by atoms with E-state index >= 15 is 0 Å². The summed E-state index contributed by atoms with van der Waals surface area (Å²) in [6.45, 7) is 7.09. The van der Waals surface area contributed by atoms with Gasteiger partial charge >= 0.3 is 0 Å². The molecule has 0 aromatic carbocycles. The number of aromatic nitrogens is 1. The molecule has 1 aromatic rings. The molecular weight excluding hydrogens is 338 g/mol. The van der Waals surface area contributed by atoms with Crippen LogP contribution in [0, 0.1) is 19.8 Å². The van der Waals surface area contributed by atoms with E-state index < -0.39 is 0 Å². The number of carbonyl (C=O) groups is 2. The lowest BCUT2D eigenvalue weighted by Crippen LogP contribution is -2.40. The molecule has 5 heteroatoms. The zero-order valence-corrected chi connectivity index (χ0v) is 16.8. The summed E-state index contributed by atoms with van der Waals surface area (Å²) in [5.74, 6) is -0.0585. The highest BCUT2D eigenvalue weighted by atomic mass is 16.1. The third-order valence-electron chi connectivity index (χ3n) is 6.27. The molecule has 1 aliphatic heterocycles. The number of hydrogen-bond donors (Lipinski definition) is 1. The maximum absolute atomic E-state index is 12.9. The number of allylic oxidation sites excluding steroid dienone is 2. The molecule has 0 saturated carbocycles. The monoisotopic (exact) mass is 371 g/mol. The summed E-state index contributed by atoms with van der Waals surface area (Å²) in [5, 5.41) is 0. The lowest BCUT2D eigenvalue weighted by Gasteiger charge is -2.29. The summed E-state index contributed by atoms with van der Waals surface area (Å²) < 4.78 is 2.29. The van der Waals surface area contributed by atoms with Gasteiger partial charge in [-0.2, -0.15) is 0 Å². The molecule has 27 heavy (non-hydrogen) atoms. The first-order valence-electron chi connectivity index (χ1n) is 10.3. The van der Waals surface area contributed by atoms with Crippen LogP contribution in [0.2, 0.25) is 0 Å². The molecule has 1 saturated heterocycles. The Morgan fingerprint density at radius 3 is 2.56 bits per heavy atom. The van der Waals surface area contributed by atoms with Crippen LogP contribution in [0.1, 0.15) is 66.7 Å². The molecule has 0 bridgehead atoms. The Kier molecular flexibility index (Phi) is 6.53. The quantitative estimate of drug-likeness (QED) is 0.590. The Bertz CT molecular complexity index is 724. The van der Waals surface area contributed by atoms with Crippen molar-refractivity contribution in [1.29, 1.82) is 0 Å².